The molecule has 0 fully saturated rings. The fraction of sp³-hybridized carbons (Fsp3) is 0.240. The molecule has 188 valence electrons. The highest BCUT2D eigenvalue weighted by atomic mass is 35.5. The molecule has 0 saturated heterocycles. The van der Waals surface area contributed by atoms with Crippen molar-refractivity contribution in [3.05, 3.63) is 77.1 Å². The lowest BCUT2D eigenvalue weighted by Gasteiger charge is -2.15. The summed E-state index contributed by atoms with van der Waals surface area (Å²) in [4.78, 5) is 17.3. The third-order valence-corrected chi connectivity index (χ3v) is 6.57. The SMILES string of the molecule is CSCCCC(O)NC(=O)c1cnn2c(-c3ccc(C(F)(F)F)cc3)c(-c3ccccc3Cl)cnc12. The van der Waals surface area contributed by atoms with Crippen LogP contribution in [-0.2, 0) is 6.18 Å². The molecule has 0 spiro atoms. The zero-order valence-corrected chi connectivity index (χ0v) is 20.7. The Morgan fingerprint density at radius 1 is 1.14 bits per heavy atom. The van der Waals surface area contributed by atoms with Gasteiger partial charge in [0.25, 0.3) is 5.91 Å². The number of carbonyl (C=O) groups is 1. The summed E-state index contributed by atoms with van der Waals surface area (Å²) in [6.45, 7) is 0. The van der Waals surface area contributed by atoms with E-state index in [2.05, 4.69) is 15.4 Å². The molecule has 0 aliphatic carbocycles. The van der Waals surface area contributed by atoms with Crippen LogP contribution in [0.4, 0.5) is 13.2 Å². The van der Waals surface area contributed by atoms with Crippen molar-refractivity contribution in [3.63, 3.8) is 0 Å². The second kappa shape index (κ2) is 10.9. The normalized spacial score (nSPS) is 12.6. The van der Waals surface area contributed by atoms with Gasteiger partial charge in [-0.1, -0.05) is 41.9 Å². The topological polar surface area (TPSA) is 79.5 Å². The summed E-state index contributed by atoms with van der Waals surface area (Å²) in [6.07, 6.45) is 0.400. The van der Waals surface area contributed by atoms with Gasteiger partial charge >= 0.3 is 6.18 Å². The second-order valence-electron chi connectivity index (χ2n) is 7.99. The molecule has 0 saturated carbocycles. The minimum absolute atomic E-state index is 0.123. The van der Waals surface area contributed by atoms with E-state index in [-0.39, 0.29) is 11.2 Å². The van der Waals surface area contributed by atoms with Crippen molar-refractivity contribution in [2.75, 3.05) is 12.0 Å². The van der Waals surface area contributed by atoms with Crippen LogP contribution in [0.15, 0.2) is 60.9 Å². The van der Waals surface area contributed by atoms with E-state index in [0.29, 0.717) is 33.8 Å². The number of rotatable bonds is 8. The number of benzene rings is 2. The second-order valence-corrected chi connectivity index (χ2v) is 9.39. The molecule has 11 heteroatoms. The number of nitrogens with one attached hydrogen (secondary N) is 1. The Bertz CT molecular complexity index is 1380. The Kier molecular flexibility index (Phi) is 7.87. The lowest BCUT2D eigenvalue weighted by molar-refractivity contribution is -0.137. The number of hydrogen-bond donors (Lipinski definition) is 2. The summed E-state index contributed by atoms with van der Waals surface area (Å²) in [5.41, 5.74) is 1.51. The smallest absolute Gasteiger partial charge is 0.374 e. The summed E-state index contributed by atoms with van der Waals surface area (Å²) in [5.74, 6) is 0.296. The number of amides is 1. The highest BCUT2D eigenvalue weighted by Crippen LogP contribution is 2.37. The largest absolute Gasteiger partial charge is 0.416 e. The molecule has 1 atom stereocenters. The first-order chi connectivity index (χ1) is 17.2. The van der Waals surface area contributed by atoms with E-state index < -0.39 is 23.9 Å². The van der Waals surface area contributed by atoms with Crippen molar-refractivity contribution in [1.29, 1.82) is 0 Å². The number of hydrogen-bond acceptors (Lipinski definition) is 5. The average Bonchev–Trinajstić information content (AvgIpc) is 3.28. The van der Waals surface area contributed by atoms with Crippen LogP contribution in [0.3, 0.4) is 0 Å². The van der Waals surface area contributed by atoms with Gasteiger partial charge in [-0.25, -0.2) is 9.50 Å². The van der Waals surface area contributed by atoms with Crippen molar-refractivity contribution in [1.82, 2.24) is 19.9 Å². The highest BCUT2D eigenvalue weighted by molar-refractivity contribution is 7.98. The standard InChI is InChI=1S/C25H22ClF3N4O2S/c1-36-12-4-7-21(34)32-24(35)19-14-31-33-22(15-8-10-16(11-9-15)25(27,28)29)18(13-30-23(19)33)17-5-2-3-6-20(17)26/h2-3,5-6,8-11,13-14,21,34H,4,7,12H2,1H3,(H,32,35). The number of carbonyl (C=O) groups excluding carboxylic acids is 1. The van der Waals surface area contributed by atoms with Gasteiger partial charge in [0, 0.05) is 27.9 Å². The molecule has 2 aromatic heterocycles. The molecule has 0 bridgehead atoms. The quantitative estimate of drug-likeness (QED) is 0.216. The Hall–Kier alpha value is -3.08. The molecule has 0 radical (unpaired) electrons. The molecule has 4 aromatic rings. The van der Waals surface area contributed by atoms with Gasteiger partial charge in [-0.05, 0) is 43.0 Å². The third kappa shape index (κ3) is 5.50. The van der Waals surface area contributed by atoms with E-state index in [1.54, 1.807) is 36.0 Å². The summed E-state index contributed by atoms with van der Waals surface area (Å²) in [5, 5.41) is 17.5. The maximum absolute atomic E-state index is 13.2. The van der Waals surface area contributed by atoms with Gasteiger partial charge in [-0.3, -0.25) is 4.79 Å². The zero-order valence-electron chi connectivity index (χ0n) is 19.1. The number of aliphatic hydroxyl groups is 1. The number of fused-ring (bicyclic) bond motifs is 1. The van der Waals surface area contributed by atoms with Crippen LogP contribution in [0.1, 0.15) is 28.8 Å². The number of aromatic nitrogens is 3. The molecule has 1 unspecified atom stereocenters. The number of aliphatic hydroxyl groups excluding tert-OH is 1. The van der Waals surface area contributed by atoms with Crippen molar-refractivity contribution in [3.8, 4) is 22.4 Å². The van der Waals surface area contributed by atoms with Crippen LogP contribution in [0.5, 0.6) is 0 Å². The fourth-order valence-electron chi connectivity index (χ4n) is 3.78. The molecule has 36 heavy (non-hydrogen) atoms. The summed E-state index contributed by atoms with van der Waals surface area (Å²) in [6, 6.07) is 11.7. The Balaban J connectivity index is 1.80. The average molecular weight is 535 g/mol. The molecule has 4 rings (SSSR count). The van der Waals surface area contributed by atoms with Crippen molar-refractivity contribution in [2.45, 2.75) is 25.2 Å². The van der Waals surface area contributed by atoms with Gasteiger partial charge < -0.3 is 10.4 Å². The molecule has 0 aliphatic rings. The van der Waals surface area contributed by atoms with E-state index in [4.69, 9.17) is 11.6 Å². The lowest BCUT2D eigenvalue weighted by Crippen LogP contribution is -2.34. The van der Waals surface area contributed by atoms with Crippen LogP contribution in [0, 0.1) is 0 Å². The zero-order chi connectivity index (χ0) is 25.9. The van der Waals surface area contributed by atoms with E-state index in [9.17, 15) is 23.1 Å². The Morgan fingerprint density at radius 2 is 1.86 bits per heavy atom. The first-order valence-corrected chi connectivity index (χ1v) is 12.7. The van der Waals surface area contributed by atoms with Crippen LogP contribution >= 0.6 is 23.4 Å². The first-order valence-electron chi connectivity index (χ1n) is 11.0. The summed E-state index contributed by atoms with van der Waals surface area (Å²) >= 11 is 8.07. The lowest BCUT2D eigenvalue weighted by atomic mass is 9.99. The van der Waals surface area contributed by atoms with Gasteiger partial charge in [0.05, 0.1) is 17.5 Å². The van der Waals surface area contributed by atoms with Crippen molar-refractivity contribution >= 4 is 34.9 Å². The summed E-state index contributed by atoms with van der Waals surface area (Å²) in [7, 11) is 0. The van der Waals surface area contributed by atoms with Gasteiger partial charge in [-0.2, -0.15) is 30.0 Å². The van der Waals surface area contributed by atoms with Crippen LogP contribution in [0.2, 0.25) is 5.02 Å². The predicted molar refractivity (Wildman–Crippen MR) is 135 cm³/mol. The first kappa shape index (κ1) is 26.0. The highest BCUT2D eigenvalue weighted by Gasteiger charge is 2.30. The van der Waals surface area contributed by atoms with E-state index in [0.717, 1.165) is 24.3 Å². The molecular formula is C25H22ClF3N4O2S. The Labute approximate surface area is 214 Å². The van der Waals surface area contributed by atoms with Crippen molar-refractivity contribution < 1.29 is 23.1 Å². The number of thioether (sulfide) groups is 1. The monoisotopic (exact) mass is 534 g/mol. The maximum atomic E-state index is 13.2. The maximum Gasteiger partial charge on any atom is 0.416 e. The molecule has 0 aliphatic heterocycles. The van der Waals surface area contributed by atoms with Gasteiger partial charge in [0.2, 0.25) is 0 Å². The summed E-state index contributed by atoms with van der Waals surface area (Å²) < 4.78 is 40.9. The van der Waals surface area contributed by atoms with Gasteiger partial charge in [-0.15, -0.1) is 0 Å². The molecule has 1 amide bonds. The number of halogens is 4. The van der Waals surface area contributed by atoms with Gasteiger partial charge in [0.15, 0.2) is 5.65 Å². The van der Waals surface area contributed by atoms with E-state index in [1.807, 2.05) is 6.26 Å². The fourth-order valence-corrected chi connectivity index (χ4v) is 4.48. The van der Waals surface area contributed by atoms with Crippen LogP contribution in [-0.4, -0.2) is 43.8 Å². The van der Waals surface area contributed by atoms with Crippen LogP contribution < -0.4 is 5.32 Å². The number of alkyl halides is 3. The minimum Gasteiger partial charge on any atom is -0.374 e. The number of nitrogens with zero attached hydrogens (tertiary/aromatic N) is 3. The van der Waals surface area contributed by atoms with E-state index in [1.165, 1.54) is 29.0 Å². The van der Waals surface area contributed by atoms with Crippen LogP contribution in [0.25, 0.3) is 28.0 Å². The predicted octanol–water partition coefficient (Wildman–Crippen LogP) is 5.93. The Morgan fingerprint density at radius 3 is 2.53 bits per heavy atom. The molecule has 2 heterocycles. The van der Waals surface area contributed by atoms with Gasteiger partial charge in [0.1, 0.15) is 11.8 Å². The molecule has 2 aromatic carbocycles. The molecule has 6 nitrogen and oxygen atoms in total. The third-order valence-electron chi connectivity index (χ3n) is 5.54. The molecular weight excluding hydrogens is 513 g/mol. The van der Waals surface area contributed by atoms with E-state index >= 15 is 0 Å². The minimum atomic E-state index is -4.48. The molecule has 2 N–H and O–H groups in total. The van der Waals surface area contributed by atoms with Crippen molar-refractivity contribution in [2.24, 2.45) is 0 Å².